The molecule has 0 unspecified atom stereocenters. The third kappa shape index (κ3) is 3.96. The molecule has 0 fully saturated rings. The number of methoxy groups -OCH3 is 1. The van der Waals surface area contributed by atoms with Crippen LogP contribution in [0, 0.1) is 0 Å². The van der Waals surface area contributed by atoms with Gasteiger partial charge in [0.2, 0.25) is 0 Å². The average molecular weight is 382 g/mol. The zero-order valence-electron chi connectivity index (χ0n) is 15.8. The number of nitrogens with zero attached hydrogens (tertiary/aromatic N) is 4. The van der Waals surface area contributed by atoms with Crippen molar-refractivity contribution in [2.24, 2.45) is 0 Å². The summed E-state index contributed by atoms with van der Waals surface area (Å²) in [6.07, 6.45) is 1.96. The van der Waals surface area contributed by atoms with Crippen LogP contribution in [0.3, 0.4) is 0 Å². The fourth-order valence-corrected chi connectivity index (χ4v) is 3.02. The van der Waals surface area contributed by atoms with Crippen molar-refractivity contribution in [2.75, 3.05) is 7.11 Å². The summed E-state index contributed by atoms with van der Waals surface area (Å²) in [4.78, 5) is 11.7. The molecule has 0 bridgehead atoms. The lowest BCUT2D eigenvalue weighted by atomic mass is 9.97. The zero-order valence-corrected chi connectivity index (χ0v) is 15.8. The summed E-state index contributed by atoms with van der Waals surface area (Å²) in [5.41, 5.74) is 4.35. The third-order valence-electron chi connectivity index (χ3n) is 4.47. The van der Waals surface area contributed by atoms with E-state index < -0.39 is 0 Å². The Morgan fingerprint density at radius 2 is 1.41 bits per heavy atom. The Hall–Kier alpha value is -4.06. The number of benzene rings is 3. The van der Waals surface area contributed by atoms with E-state index in [0.717, 1.165) is 22.4 Å². The van der Waals surface area contributed by atoms with Gasteiger partial charge in [0.1, 0.15) is 0 Å². The third-order valence-corrected chi connectivity index (χ3v) is 4.47. The Kier molecular flexibility index (Phi) is 5.25. The molecular formula is C23H18N4O2. The van der Waals surface area contributed by atoms with Gasteiger partial charge in [-0.1, -0.05) is 60.7 Å². The molecule has 0 amide bonds. The lowest BCUT2D eigenvalue weighted by molar-refractivity contribution is 0.0600. The Labute approximate surface area is 168 Å². The number of aromatic nitrogens is 4. The summed E-state index contributed by atoms with van der Waals surface area (Å²) in [7, 11) is 1.36. The molecule has 0 saturated heterocycles. The molecule has 0 atom stereocenters. The number of carbonyl (C=O) groups excluding carboxylic acids is 1. The highest BCUT2D eigenvalue weighted by Crippen LogP contribution is 2.25. The van der Waals surface area contributed by atoms with Crippen molar-refractivity contribution in [3.05, 3.63) is 107 Å². The van der Waals surface area contributed by atoms with E-state index in [9.17, 15) is 4.79 Å². The van der Waals surface area contributed by atoms with Gasteiger partial charge in [-0.3, -0.25) is 0 Å². The number of hydrogen-bond donors (Lipinski definition) is 0. The molecule has 6 heteroatoms. The first-order valence-electron chi connectivity index (χ1n) is 9.06. The summed E-state index contributed by atoms with van der Waals surface area (Å²) in [6, 6.07) is 27.1. The molecule has 3 aromatic carbocycles. The topological polar surface area (TPSA) is 69.9 Å². The van der Waals surface area contributed by atoms with Crippen molar-refractivity contribution < 1.29 is 9.53 Å². The number of rotatable bonds is 5. The minimum Gasteiger partial charge on any atom is -0.465 e. The van der Waals surface area contributed by atoms with Gasteiger partial charge in [-0.25, -0.2) is 4.79 Å². The van der Waals surface area contributed by atoms with Crippen LogP contribution in [0.2, 0.25) is 0 Å². The Bertz CT molecular complexity index is 1090. The molecule has 0 aliphatic heterocycles. The van der Waals surface area contributed by atoms with Crippen molar-refractivity contribution >= 4 is 17.6 Å². The number of tetrazole rings is 1. The fraction of sp³-hybridized carbons (Fsp3) is 0.0435. The molecule has 0 aliphatic carbocycles. The van der Waals surface area contributed by atoms with Crippen LogP contribution in [-0.2, 0) is 4.74 Å². The molecule has 4 aromatic rings. The smallest absolute Gasteiger partial charge is 0.337 e. The van der Waals surface area contributed by atoms with Crippen LogP contribution in [0.25, 0.3) is 17.3 Å². The van der Waals surface area contributed by atoms with Crippen molar-refractivity contribution in [3.63, 3.8) is 0 Å². The molecule has 0 spiro atoms. The molecule has 0 radical (unpaired) electrons. The summed E-state index contributed by atoms with van der Waals surface area (Å²) in [5, 5.41) is 12.1. The molecule has 4 rings (SSSR count). The standard InChI is InChI=1S/C23H18N4O2/c1-29-23(28)19-12-14-20(15-13-19)27-22(24-25-26-27)16-21(17-8-4-2-5-9-17)18-10-6-3-7-11-18/h2-16H,1H3. The molecule has 1 heterocycles. The fourth-order valence-electron chi connectivity index (χ4n) is 3.02. The molecule has 142 valence electrons. The van der Waals surface area contributed by atoms with Gasteiger partial charge in [-0.15, -0.1) is 5.10 Å². The second-order valence-electron chi connectivity index (χ2n) is 6.28. The highest BCUT2D eigenvalue weighted by atomic mass is 16.5. The molecule has 0 aliphatic rings. The summed E-state index contributed by atoms with van der Waals surface area (Å²) < 4.78 is 6.38. The van der Waals surface area contributed by atoms with Crippen molar-refractivity contribution in [2.45, 2.75) is 0 Å². The van der Waals surface area contributed by atoms with Crippen molar-refractivity contribution in [3.8, 4) is 5.69 Å². The van der Waals surface area contributed by atoms with E-state index in [1.54, 1.807) is 28.9 Å². The summed E-state index contributed by atoms with van der Waals surface area (Å²) >= 11 is 0. The lowest BCUT2D eigenvalue weighted by Crippen LogP contribution is -2.04. The molecule has 0 saturated carbocycles. The van der Waals surface area contributed by atoms with Gasteiger partial charge in [0.25, 0.3) is 0 Å². The van der Waals surface area contributed by atoms with Crippen LogP contribution in [0.5, 0.6) is 0 Å². The first-order valence-corrected chi connectivity index (χ1v) is 9.06. The highest BCUT2D eigenvalue weighted by molar-refractivity contribution is 5.91. The first-order chi connectivity index (χ1) is 14.3. The van der Waals surface area contributed by atoms with E-state index in [2.05, 4.69) is 39.8 Å². The maximum absolute atomic E-state index is 11.7. The normalized spacial score (nSPS) is 10.4. The Balaban J connectivity index is 1.77. The monoisotopic (exact) mass is 382 g/mol. The largest absolute Gasteiger partial charge is 0.465 e. The van der Waals surface area contributed by atoms with Gasteiger partial charge < -0.3 is 4.74 Å². The maximum atomic E-state index is 11.7. The van der Waals surface area contributed by atoms with Gasteiger partial charge in [0.15, 0.2) is 5.82 Å². The van der Waals surface area contributed by atoms with Crippen molar-refractivity contribution in [1.82, 2.24) is 20.2 Å². The predicted molar refractivity (Wildman–Crippen MR) is 110 cm³/mol. The van der Waals surface area contributed by atoms with Gasteiger partial charge in [-0.2, -0.15) is 4.68 Å². The Morgan fingerprint density at radius 3 is 1.97 bits per heavy atom. The molecule has 0 N–H and O–H groups in total. The Morgan fingerprint density at radius 1 is 0.828 bits per heavy atom. The van der Waals surface area contributed by atoms with E-state index in [-0.39, 0.29) is 5.97 Å². The number of hydrogen-bond acceptors (Lipinski definition) is 5. The van der Waals surface area contributed by atoms with E-state index >= 15 is 0 Å². The van der Waals surface area contributed by atoms with Crippen LogP contribution in [0.4, 0.5) is 0 Å². The summed E-state index contributed by atoms with van der Waals surface area (Å²) in [5.74, 6) is 0.197. The lowest BCUT2D eigenvalue weighted by Gasteiger charge is -2.09. The van der Waals surface area contributed by atoms with Crippen molar-refractivity contribution in [1.29, 1.82) is 0 Å². The first kappa shape index (κ1) is 18.3. The van der Waals surface area contributed by atoms with Crippen LogP contribution in [0.15, 0.2) is 84.9 Å². The second-order valence-corrected chi connectivity index (χ2v) is 6.28. The van der Waals surface area contributed by atoms with E-state index in [0.29, 0.717) is 11.4 Å². The van der Waals surface area contributed by atoms with Gasteiger partial charge in [0.05, 0.1) is 18.4 Å². The van der Waals surface area contributed by atoms with Crippen LogP contribution in [0.1, 0.15) is 27.3 Å². The number of ether oxygens (including phenoxy) is 1. The van der Waals surface area contributed by atoms with Gasteiger partial charge in [-0.05, 0) is 57.5 Å². The SMILES string of the molecule is COC(=O)c1ccc(-n2nnnc2C=C(c2ccccc2)c2ccccc2)cc1. The maximum Gasteiger partial charge on any atom is 0.337 e. The number of carbonyl (C=O) groups is 1. The molecule has 6 nitrogen and oxygen atoms in total. The second kappa shape index (κ2) is 8.31. The van der Waals surface area contributed by atoms with Crippen LogP contribution in [-0.4, -0.2) is 33.3 Å². The zero-order chi connectivity index (χ0) is 20.1. The van der Waals surface area contributed by atoms with E-state index in [1.807, 2.05) is 42.5 Å². The van der Waals surface area contributed by atoms with Crippen LogP contribution < -0.4 is 0 Å². The van der Waals surface area contributed by atoms with Gasteiger partial charge >= 0.3 is 5.97 Å². The minimum absolute atomic E-state index is 0.385. The van der Waals surface area contributed by atoms with Gasteiger partial charge in [0, 0.05) is 0 Å². The molecular weight excluding hydrogens is 364 g/mol. The van der Waals surface area contributed by atoms with E-state index in [4.69, 9.17) is 4.74 Å². The predicted octanol–water partition coefficient (Wildman–Crippen LogP) is 4.04. The minimum atomic E-state index is -0.385. The quantitative estimate of drug-likeness (QED) is 0.487. The molecule has 1 aromatic heterocycles. The molecule has 29 heavy (non-hydrogen) atoms. The number of esters is 1. The summed E-state index contributed by atoms with van der Waals surface area (Å²) in [6.45, 7) is 0. The van der Waals surface area contributed by atoms with E-state index in [1.165, 1.54) is 7.11 Å². The highest BCUT2D eigenvalue weighted by Gasteiger charge is 2.12. The van der Waals surface area contributed by atoms with Crippen LogP contribution >= 0.6 is 0 Å². The average Bonchev–Trinajstić information content (AvgIpc) is 3.26.